The Morgan fingerprint density at radius 1 is 1.21 bits per heavy atom. The van der Waals surface area contributed by atoms with Crippen molar-refractivity contribution in [1.29, 1.82) is 0 Å². The van der Waals surface area contributed by atoms with Crippen molar-refractivity contribution in [2.45, 2.75) is 57.9 Å². The van der Waals surface area contributed by atoms with Crippen molar-refractivity contribution >= 4 is 33.7 Å². The van der Waals surface area contributed by atoms with E-state index in [1.54, 1.807) is 26.3 Å². The predicted molar refractivity (Wildman–Crippen MR) is 119 cm³/mol. The number of hydrogen-bond acceptors (Lipinski definition) is 6. The molecule has 0 aliphatic carbocycles. The van der Waals surface area contributed by atoms with E-state index >= 15 is 0 Å². The van der Waals surface area contributed by atoms with E-state index in [9.17, 15) is 13.2 Å². The zero-order valence-corrected chi connectivity index (χ0v) is 19.0. The van der Waals surface area contributed by atoms with Crippen LogP contribution in [0.4, 0.5) is 0 Å². The Labute approximate surface area is 180 Å². The number of rotatable bonds is 12. The Hall–Kier alpha value is -2.00. The van der Waals surface area contributed by atoms with Crippen LogP contribution in [0.3, 0.4) is 0 Å². The Morgan fingerprint density at radius 3 is 2.45 bits per heavy atom. The average Bonchev–Trinajstić information content (AvgIpc) is 2.70. The molecule has 1 N–H and O–H groups in total. The number of benzene rings is 1. The van der Waals surface area contributed by atoms with Gasteiger partial charge in [0.1, 0.15) is 5.75 Å². The lowest BCUT2D eigenvalue weighted by Gasteiger charge is -2.24. The number of thiocarbonyl (C=S) groups is 1. The average molecular weight is 442 g/mol. The van der Waals surface area contributed by atoms with Crippen molar-refractivity contribution in [3.8, 4) is 5.75 Å². The van der Waals surface area contributed by atoms with E-state index in [-0.39, 0.29) is 18.4 Å². The van der Waals surface area contributed by atoms with Gasteiger partial charge in [-0.2, -0.15) is 12.8 Å². The molecule has 1 unspecified atom stereocenters. The lowest BCUT2D eigenvalue weighted by molar-refractivity contribution is -0.126. The van der Waals surface area contributed by atoms with Crippen LogP contribution < -0.4 is 10.1 Å². The highest BCUT2D eigenvalue weighted by atomic mass is 32.2. The highest BCUT2D eigenvalue weighted by Crippen LogP contribution is 2.15. The van der Waals surface area contributed by atoms with Gasteiger partial charge in [0, 0.05) is 13.6 Å². The molecule has 0 fully saturated rings. The number of nitrogens with one attached hydrogen (secondary N) is 1. The number of methoxy groups -OCH3 is 1. The molecule has 1 aromatic rings. The molecule has 0 aromatic heterocycles. The first-order chi connectivity index (χ1) is 13.9. The molecule has 1 aromatic carbocycles. The minimum Gasteiger partial charge on any atom is -0.497 e. The van der Waals surface area contributed by atoms with E-state index < -0.39 is 10.5 Å². The maximum Gasteiger partial charge on any atom is 0.311 e. The molecule has 0 radical (unpaired) electrons. The molecule has 29 heavy (non-hydrogen) atoms. The van der Waals surface area contributed by atoms with Gasteiger partial charge in [0.15, 0.2) is 5.11 Å². The van der Waals surface area contributed by atoms with Gasteiger partial charge in [-0.1, -0.05) is 44.7 Å². The second kappa shape index (κ2) is 14.1. The molecule has 0 aliphatic heterocycles. The highest BCUT2D eigenvalue weighted by Gasteiger charge is 2.20. The molecule has 162 valence electrons. The lowest BCUT2D eigenvalue weighted by Crippen LogP contribution is -2.44. The summed E-state index contributed by atoms with van der Waals surface area (Å²) in [6.07, 6.45) is 5.50. The molecule has 1 amide bonds. The molecule has 0 saturated heterocycles. The van der Waals surface area contributed by atoms with Crippen LogP contribution in [-0.2, 0) is 21.7 Å². The number of carbonyl (C=O) groups excluding carboxylic acids is 1. The summed E-state index contributed by atoms with van der Waals surface area (Å²) in [5, 5.41) is 3.15. The van der Waals surface area contributed by atoms with Crippen molar-refractivity contribution in [3.05, 3.63) is 29.8 Å². The Kier molecular flexibility index (Phi) is 12.1. The normalized spacial score (nSPS) is 11.4. The van der Waals surface area contributed by atoms with Gasteiger partial charge < -0.3 is 10.1 Å². The van der Waals surface area contributed by atoms with Crippen LogP contribution in [0.2, 0.25) is 0 Å². The summed E-state index contributed by atoms with van der Waals surface area (Å²) < 4.78 is 31.1. The second-order valence-corrected chi connectivity index (χ2v) is 7.77. The monoisotopic (exact) mass is 441 g/mol. The molecular weight excluding hydrogens is 410 g/mol. The smallest absolute Gasteiger partial charge is 0.311 e. The topological polar surface area (TPSA) is 88.1 Å². The number of amides is 1. The van der Waals surface area contributed by atoms with E-state index in [0.717, 1.165) is 37.0 Å². The fourth-order valence-electron chi connectivity index (χ4n) is 2.94. The van der Waals surface area contributed by atoms with Gasteiger partial charge in [-0.05, 0) is 42.8 Å². The summed E-state index contributed by atoms with van der Waals surface area (Å²) in [6, 6.07) is 6.94. The molecule has 0 heterocycles. The summed E-state index contributed by atoms with van der Waals surface area (Å²) in [7, 11) is 0.787. The summed E-state index contributed by atoms with van der Waals surface area (Å²) in [4.78, 5) is 14.3. The van der Waals surface area contributed by atoms with Gasteiger partial charge in [-0.15, -0.1) is 0 Å². The van der Waals surface area contributed by atoms with E-state index in [2.05, 4.69) is 16.6 Å². The van der Waals surface area contributed by atoms with Crippen molar-refractivity contribution < 1.29 is 17.9 Å². The van der Waals surface area contributed by atoms with Crippen LogP contribution in [0.5, 0.6) is 5.75 Å². The zero-order chi connectivity index (χ0) is 21.6. The maximum atomic E-state index is 12.8. The first-order valence-electron chi connectivity index (χ1n) is 9.86. The third kappa shape index (κ3) is 9.85. The fourth-order valence-corrected chi connectivity index (χ4v) is 3.59. The van der Waals surface area contributed by atoms with E-state index in [4.69, 9.17) is 17.0 Å². The molecule has 1 atom stereocenters. The third-order valence-corrected chi connectivity index (χ3v) is 5.48. The number of carbonyl (C=O) groups is 1. The number of nitrogens with zero attached hydrogens (tertiary/aromatic N) is 2. The van der Waals surface area contributed by atoms with E-state index in [0.29, 0.717) is 24.5 Å². The van der Waals surface area contributed by atoms with Gasteiger partial charge in [0.05, 0.1) is 19.6 Å². The highest BCUT2D eigenvalue weighted by molar-refractivity contribution is 7.80. The molecule has 0 spiro atoms. The second-order valence-electron chi connectivity index (χ2n) is 6.74. The zero-order valence-electron chi connectivity index (χ0n) is 17.4. The SMILES string of the molecule is CCCCCCC(CCN(C(=O)Cc1ccc(OC)cc1)C(=S)NC)N=S(=O)=O. The molecular formula is C20H31N3O4S2. The number of ether oxygens (including phenoxy) is 1. The Balaban J connectivity index is 2.77. The van der Waals surface area contributed by atoms with Crippen LogP contribution in [0.1, 0.15) is 51.0 Å². The molecule has 0 saturated carbocycles. The summed E-state index contributed by atoms with van der Waals surface area (Å²) >= 11 is 5.29. The quantitative estimate of drug-likeness (QED) is 0.395. The largest absolute Gasteiger partial charge is 0.497 e. The van der Waals surface area contributed by atoms with Gasteiger partial charge >= 0.3 is 10.5 Å². The van der Waals surface area contributed by atoms with Gasteiger partial charge in [0.2, 0.25) is 5.91 Å². The van der Waals surface area contributed by atoms with E-state index in [1.807, 2.05) is 12.1 Å². The van der Waals surface area contributed by atoms with Gasteiger partial charge in [0.25, 0.3) is 0 Å². The standard InChI is InChI=1S/C20H31N3O4S2/c1-4-5-6-7-8-17(22-29(25)26)13-14-23(20(28)21-2)19(24)15-16-9-11-18(27-3)12-10-16/h9-12,17H,4-8,13-15H2,1-3H3,(H,21,28). The van der Waals surface area contributed by atoms with Crippen LogP contribution >= 0.6 is 12.2 Å². The molecule has 0 aliphatic rings. The van der Waals surface area contributed by atoms with Crippen molar-refractivity contribution in [3.63, 3.8) is 0 Å². The Bertz CT molecular complexity index is 771. The lowest BCUT2D eigenvalue weighted by atomic mass is 10.0. The fraction of sp³-hybridized carbons (Fsp3) is 0.600. The minimum absolute atomic E-state index is 0.150. The van der Waals surface area contributed by atoms with Crippen LogP contribution in [0, 0.1) is 0 Å². The Morgan fingerprint density at radius 2 is 1.90 bits per heavy atom. The van der Waals surface area contributed by atoms with Crippen LogP contribution in [0.15, 0.2) is 28.6 Å². The predicted octanol–water partition coefficient (Wildman–Crippen LogP) is 3.36. The van der Waals surface area contributed by atoms with Crippen LogP contribution in [0.25, 0.3) is 0 Å². The van der Waals surface area contributed by atoms with Crippen LogP contribution in [-0.4, -0.2) is 51.1 Å². The maximum absolute atomic E-state index is 12.8. The molecule has 0 bridgehead atoms. The van der Waals surface area contributed by atoms with Crippen molar-refractivity contribution in [2.24, 2.45) is 4.36 Å². The van der Waals surface area contributed by atoms with Gasteiger partial charge in [-0.25, -0.2) is 0 Å². The summed E-state index contributed by atoms with van der Waals surface area (Å²) in [5.41, 5.74) is 0.848. The first-order valence-corrected chi connectivity index (χ1v) is 11.3. The molecule has 7 nitrogen and oxygen atoms in total. The third-order valence-electron chi connectivity index (χ3n) is 4.59. The number of unbranched alkanes of at least 4 members (excludes halogenated alkanes) is 3. The first kappa shape index (κ1) is 25.0. The number of hydrogen-bond donors (Lipinski definition) is 1. The molecule has 1 rings (SSSR count). The van der Waals surface area contributed by atoms with E-state index in [1.165, 1.54) is 4.90 Å². The summed E-state index contributed by atoms with van der Waals surface area (Å²) in [5.74, 6) is 0.574. The minimum atomic E-state index is -2.46. The van der Waals surface area contributed by atoms with Gasteiger partial charge in [-0.3, -0.25) is 9.69 Å². The van der Waals surface area contributed by atoms with Crippen molar-refractivity contribution in [1.82, 2.24) is 10.2 Å². The summed E-state index contributed by atoms with van der Waals surface area (Å²) in [6.45, 7) is 2.44. The van der Waals surface area contributed by atoms with Crippen molar-refractivity contribution in [2.75, 3.05) is 20.7 Å². The molecule has 9 heteroatoms.